The minimum Gasteiger partial charge on any atom is -0.395 e. The van der Waals surface area contributed by atoms with Crippen LogP contribution in [0.1, 0.15) is 19.3 Å². The van der Waals surface area contributed by atoms with Gasteiger partial charge in [0.15, 0.2) is 5.82 Å². The molecule has 1 aromatic carbocycles. The second-order valence-corrected chi connectivity index (χ2v) is 4.50. The van der Waals surface area contributed by atoms with Gasteiger partial charge in [0.25, 0.3) is 0 Å². The van der Waals surface area contributed by atoms with Gasteiger partial charge in [-0.25, -0.2) is 8.78 Å². The van der Waals surface area contributed by atoms with Crippen LogP contribution in [0.3, 0.4) is 0 Å². The van der Waals surface area contributed by atoms with Gasteiger partial charge >= 0.3 is 0 Å². The number of nitrogen functional groups attached to an aromatic ring is 1. The number of hydrogen-bond donors (Lipinski definition) is 1. The highest BCUT2D eigenvalue weighted by Gasteiger charge is 2.21. The zero-order valence-electron chi connectivity index (χ0n) is 9.34. The van der Waals surface area contributed by atoms with E-state index in [2.05, 4.69) is 0 Å². The van der Waals surface area contributed by atoms with Crippen molar-refractivity contribution in [2.45, 2.75) is 19.3 Å². The number of nitrogens with zero attached hydrogens (tertiary/aromatic N) is 1. The molecule has 0 unspecified atom stereocenters. The normalized spacial score (nSPS) is 15.9. The van der Waals surface area contributed by atoms with E-state index in [1.54, 1.807) is 0 Å². The van der Waals surface area contributed by atoms with E-state index in [9.17, 15) is 8.78 Å². The topological polar surface area (TPSA) is 29.3 Å². The van der Waals surface area contributed by atoms with Crippen molar-refractivity contribution in [2.24, 2.45) is 5.92 Å². The van der Waals surface area contributed by atoms with E-state index in [4.69, 9.17) is 5.73 Å². The first-order valence-corrected chi connectivity index (χ1v) is 5.53. The largest absolute Gasteiger partial charge is 0.395 e. The van der Waals surface area contributed by atoms with Gasteiger partial charge in [-0.1, -0.05) is 6.42 Å². The van der Waals surface area contributed by atoms with Crippen LogP contribution in [0.2, 0.25) is 0 Å². The Morgan fingerprint density at radius 1 is 1.38 bits per heavy atom. The van der Waals surface area contributed by atoms with Gasteiger partial charge in [-0.15, -0.1) is 0 Å². The molecule has 0 atom stereocenters. The number of benzene rings is 1. The van der Waals surface area contributed by atoms with E-state index < -0.39 is 11.6 Å². The molecule has 1 aliphatic carbocycles. The molecule has 16 heavy (non-hydrogen) atoms. The SMILES string of the molecule is CN(CC1CCC1)c1cc(F)cc(F)c1N. The zero-order valence-corrected chi connectivity index (χ0v) is 9.34. The Morgan fingerprint density at radius 3 is 2.62 bits per heavy atom. The molecule has 0 amide bonds. The van der Waals surface area contributed by atoms with Crippen molar-refractivity contribution in [3.05, 3.63) is 23.8 Å². The Balaban J connectivity index is 2.17. The summed E-state index contributed by atoms with van der Waals surface area (Å²) in [4.78, 5) is 1.84. The predicted octanol–water partition coefficient (Wildman–Crippen LogP) is 2.78. The summed E-state index contributed by atoms with van der Waals surface area (Å²) in [6, 6.07) is 2.10. The van der Waals surface area contributed by atoms with E-state index in [1.165, 1.54) is 25.3 Å². The Hall–Kier alpha value is -1.32. The first kappa shape index (κ1) is 11.2. The van der Waals surface area contributed by atoms with E-state index in [1.807, 2.05) is 11.9 Å². The Bertz CT molecular complexity index is 389. The van der Waals surface area contributed by atoms with E-state index in [0.717, 1.165) is 12.6 Å². The fourth-order valence-corrected chi connectivity index (χ4v) is 2.05. The third-order valence-electron chi connectivity index (χ3n) is 3.24. The monoisotopic (exact) mass is 226 g/mol. The van der Waals surface area contributed by atoms with Crippen molar-refractivity contribution >= 4 is 11.4 Å². The van der Waals surface area contributed by atoms with Crippen molar-refractivity contribution in [3.63, 3.8) is 0 Å². The summed E-state index contributed by atoms with van der Waals surface area (Å²) in [6.07, 6.45) is 3.65. The maximum Gasteiger partial charge on any atom is 0.151 e. The molecule has 0 spiro atoms. The molecule has 88 valence electrons. The second kappa shape index (κ2) is 4.28. The number of rotatable bonds is 3. The molecule has 0 bridgehead atoms. The van der Waals surface area contributed by atoms with Gasteiger partial charge in [-0.3, -0.25) is 0 Å². The van der Waals surface area contributed by atoms with Crippen LogP contribution in [0.4, 0.5) is 20.2 Å². The van der Waals surface area contributed by atoms with E-state index >= 15 is 0 Å². The Kier molecular flexibility index (Phi) is 2.99. The highest BCUT2D eigenvalue weighted by atomic mass is 19.1. The van der Waals surface area contributed by atoms with Gasteiger partial charge in [-0.05, 0) is 24.8 Å². The number of anilines is 2. The molecule has 1 aliphatic rings. The zero-order chi connectivity index (χ0) is 11.7. The van der Waals surface area contributed by atoms with Crippen LogP contribution in [-0.4, -0.2) is 13.6 Å². The lowest BCUT2D eigenvalue weighted by Gasteiger charge is -2.31. The summed E-state index contributed by atoms with van der Waals surface area (Å²) in [7, 11) is 1.82. The maximum atomic E-state index is 13.2. The van der Waals surface area contributed by atoms with Crippen LogP contribution in [-0.2, 0) is 0 Å². The van der Waals surface area contributed by atoms with Crippen molar-refractivity contribution in [3.8, 4) is 0 Å². The summed E-state index contributed by atoms with van der Waals surface area (Å²) in [5.74, 6) is -0.631. The van der Waals surface area contributed by atoms with E-state index in [0.29, 0.717) is 11.6 Å². The van der Waals surface area contributed by atoms with Crippen molar-refractivity contribution in [1.82, 2.24) is 0 Å². The predicted molar refractivity (Wildman–Crippen MR) is 61.4 cm³/mol. The van der Waals surface area contributed by atoms with Gasteiger partial charge in [0.2, 0.25) is 0 Å². The lowest BCUT2D eigenvalue weighted by molar-refractivity contribution is 0.321. The Labute approximate surface area is 94.0 Å². The average Bonchev–Trinajstić information content (AvgIpc) is 2.17. The molecule has 4 heteroatoms. The fraction of sp³-hybridized carbons (Fsp3) is 0.500. The summed E-state index contributed by atoms with van der Waals surface area (Å²) in [5.41, 5.74) is 6.08. The first-order chi connectivity index (χ1) is 7.58. The molecule has 2 N–H and O–H groups in total. The minimum absolute atomic E-state index is 0.0308. The quantitative estimate of drug-likeness (QED) is 0.803. The highest BCUT2D eigenvalue weighted by molar-refractivity contribution is 5.67. The molecule has 2 nitrogen and oxygen atoms in total. The van der Waals surface area contributed by atoms with Crippen LogP contribution >= 0.6 is 0 Å². The molecular weight excluding hydrogens is 210 g/mol. The van der Waals surface area contributed by atoms with E-state index in [-0.39, 0.29) is 5.69 Å². The van der Waals surface area contributed by atoms with Crippen LogP contribution in [0, 0.1) is 17.6 Å². The molecule has 0 saturated heterocycles. The standard InChI is InChI=1S/C12H16F2N2/c1-16(7-8-3-2-4-8)11-6-9(13)5-10(14)12(11)15/h5-6,8H,2-4,7,15H2,1H3. The third kappa shape index (κ3) is 2.10. The average molecular weight is 226 g/mol. The number of hydrogen-bond acceptors (Lipinski definition) is 2. The number of nitrogens with two attached hydrogens (primary N) is 1. The molecule has 1 fully saturated rings. The molecule has 1 saturated carbocycles. The van der Waals surface area contributed by atoms with Crippen molar-refractivity contribution < 1.29 is 8.78 Å². The maximum absolute atomic E-state index is 13.2. The van der Waals surface area contributed by atoms with Gasteiger partial charge in [0.05, 0.1) is 11.4 Å². The van der Waals surface area contributed by atoms with Crippen LogP contribution in [0.25, 0.3) is 0 Å². The summed E-state index contributed by atoms with van der Waals surface area (Å²) >= 11 is 0. The summed E-state index contributed by atoms with van der Waals surface area (Å²) < 4.78 is 26.3. The molecule has 0 heterocycles. The fourth-order valence-electron chi connectivity index (χ4n) is 2.05. The van der Waals surface area contributed by atoms with Crippen LogP contribution in [0.15, 0.2) is 12.1 Å². The molecule has 0 radical (unpaired) electrons. The van der Waals surface area contributed by atoms with Crippen molar-refractivity contribution in [2.75, 3.05) is 24.2 Å². The molecule has 2 rings (SSSR count). The Morgan fingerprint density at radius 2 is 2.06 bits per heavy atom. The van der Waals surface area contributed by atoms with Crippen LogP contribution in [0.5, 0.6) is 0 Å². The third-order valence-corrected chi connectivity index (χ3v) is 3.24. The highest BCUT2D eigenvalue weighted by Crippen LogP contribution is 2.31. The van der Waals surface area contributed by atoms with Gasteiger partial charge in [0, 0.05) is 19.7 Å². The summed E-state index contributed by atoms with van der Waals surface area (Å²) in [6.45, 7) is 0.813. The first-order valence-electron chi connectivity index (χ1n) is 5.53. The summed E-state index contributed by atoms with van der Waals surface area (Å²) in [5, 5.41) is 0. The lowest BCUT2D eigenvalue weighted by atomic mass is 9.85. The molecule has 1 aromatic rings. The number of halogens is 2. The van der Waals surface area contributed by atoms with Crippen molar-refractivity contribution in [1.29, 1.82) is 0 Å². The smallest absolute Gasteiger partial charge is 0.151 e. The molecule has 0 aliphatic heterocycles. The molecular formula is C12H16F2N2. The minimum atomic E-state index is -0.685. The lowest BCUT2D eigenvalue weighted by Crippen LogP contribution is -2.30. The van der Waals surface area contributed by atoms with Gasteiger partial charge < -0.3 is 10.6 Å². The van der Waals surface area contributed by atoms with Crippen LogP contribution < -0.4 is 10.6 Å². The van der Waals surface area contributed by atoms with Gasteiger partial charge in [0.1, 0.15) is 5.82 Å². The molecule has 0 aromatic heterocycles. The second-order valence-electron chi connectivity index (χ2n) is 4.50. The van der Waals surface area contributed by atoms with Gasteiger partial charge in [-0.2, -0.15) is 0 Å².